The zero-order chi connectivity index (χ0) is 21.5. The van der Waals surface area contributed by atoms with E-state index in [1.807, 2.05) is 42.4 Å². The number of imidazole rings is 1. The van der Waals surface area contributed by atoms with Gasteiger partial charge in [0.2, 0.25) is 5.95 Å². The first-order valence-corrected chi connectivity index (χ1v) is 10.2. The second-order valence-electron chi connectivity index (χ2n) is 7.70. The summed E-state index contributed by atoms with van der Waals surface area (Å²) in [6.45, 7) is 3.48. The van der Waals surface area contributed by atoms with Crippen LogP contribution in [0.15, 0.2) is 30.6 Å². The van der Waals surface area contributed by atoms with Crippen molar-refractivity contribution in [2.75, 3.05) is 19.0 Å². The topological polar surface area (TPSA) is 81.3 Å². The summed E-state index contributed by atoms with van der Waals surface area (Å²) >= 11 is 0. The molecule has 8 nitrogen and oxygen atoms in total. The lowest BCUT2D eigenvalue weighted by molar-refractivity contribution is 0.356. The van der Waals surface area contributed by atoms with E-state index in [-0.39, 0.29) is 5.82 Å². The molecule has 0 fully saturated rings. The summed E-state index contributed by atoms with van der Waals surface area (Å²) in [7, 11) is 3.79. The summed E-state index contributed by atoms with van der Waals surface area (Å²) in [5.74, 6) is 1.12. The van der Waals surface area contributed by atoms with Crippen molar-refractivity contribution >= 4 is 11.6 Å². The third-order valence-corrected chi connectivity index (χ3v) is 5.54. The summed E-state index contributed by atoms with van der Waals surface area (Å²) in [5, 5.41) is 10.9. The van der Waals surface area contributed by atoms with Crippen molar-refractivity contribution in [3.05, 3.63) is 58.9 Å². The minimum Gasteiger partial charge on any atom is -0.493 e. The van der Waals surface area contributed by atoms with Crippen LogP contribution in [0.25, 0.3) is 16.9 Å². The number of rotatable bonds is 6. The number of hydrogen-bond acceptors (Lipinski definition) is 6. The maximum atomic E-state index is 14.5. The van der Waals surface area contributed by atoms with Crippen LogP contribution >= 0.6 is 0 Å². The Balaban J connectivity index is 1.55. The Kier molecular flexibility index (Phi) is 4.82. The van der Waals surface area contributed by atoms with E-state index in [0.29, 0.717) is 37.6 Å². The minimum atomic E-state index is -0.239. The first-order chi connectivity index (χ1) is 15.0. The van der Waals surface area contributed by atoms with Crippen LogP contribution in [0.2, 0.25) is 0 Å². The fourth-order valence-corrected chi connectivity index (χ4v) is 4.14. The number of anilines is 1. The molecular formula is C22H24FN7O. The van der Waals surface area contributed by atoms with Crippen LogP contribution in [0, 0.1) is 12.7 Å². The van der Waals surface area contributed by atoms with E-state index in [4.69, 9.17) is 9.72 Å². The molecule has 0 bridgehead atoms. The molecule has 1 aliphatic rings. The molecule has 0 saturated heterocycles. The van der Waals surface area contributed by atoms with Gasteiger partial charge in [0, 0.05) is 50.1 Å². The lowest BCUT2D eigenvalue weighted by Gasteiger charge is -2.13. The fourth-order valence-electron chi connectivity index (χ4n) is 4.14. The molecule has 0 aliphatic carbocycles. The molecule has 0 spiro atoms. The van der Waals surface area contributed by atoms with Gasteiger partial charge >= 0.3 is 0 Å². The summed E-state index contributed by atoms with van der Waals surface area (Å²) in [6, 6.07) is 5.17. The van der Waals surface area contributed by atoms with E-state index >= 15 is 0 Å². The Morgan fingerprint density at radius 2 is 2.13 bits per heavy atom. The SMILES string of the molecule is CNCc1cn2c(NCc3c(F)ccc4c3CCO4)ncc(-c3cc(C)nn3C)c2n1. The van der Waals surface area contributed by atoms with Gasteiger partial charge in [-0.3, -0.25) is 9.08 Å². The molecule has 9 heteroatoms. The third-order valence-electron chi connectivity index (χ3n) is 5.54. The smallest absolute Gasteiger partial charge is 0.208 e. The number of halogens is 1. The number of ether oxygens (including phenoxy) is 1. The van der Waals surface area contributed by atoms with Crippen LogP contribution in [0.1, 0.15) is 22.5 Å². The summed E-state index contributed by atoms with van der Waals surface area (Å²) < 4.78 is 23.9. The molecule has 1 aliphatic heterocycles. The molecule has 160 valence electrons. The van der Waals surface area contributed by atoms with Crippen molar-refractivity contribution in [2.45, 2.75) is 26.4 Å². The molecule has 0 saturated carbocycles. The molecule has 31 heavy (non-hydrogen) atoms. The number of aryl methyl sites for hydroxylation is 2. The van der Waals surface area contributed by atoms with E-state index in [1.54, 1.807) is 12.3 Å². The average Bonchev–Trinajstić information content (AvgIpc) is 3.45. The van der Waals surface area contributed by atoms with Gasteiger partial charge in [-0.25, -0.2) is 14.4 Å². The second kappa shape index (κ2) is 7.66. The Labute approximate surface area is 179 Å². The van der Waals surface area contributed by atoms with Crippen molar-refractivity contribution in [3.63, 3.8) is 0 Å². The predicted molar refractivity (Wildman–Crippen MR) is 116 cm³/mol. The first-order valence-electron chi connectivity index (χ1n) is 10.2. The molecule has 4 heterocycles. The maximum absolute atomic E-state index is 14.5. The standard InChI is InChI=1S/C22H24FN7O/c1-13-8-19(29(3)28-13)17-11-26-22(30-12-14(9-24-2)27-21(17)30)25-10-16-15-6-7-31-20(15)5-4-18(16)23/h4-5,8,11-12,24H,6-7,9-10H2,1-3H3,(H,25,26). The summed E-state index contributed by atoms with van der Waals surface area (Å²) in [4.78, 5) is 9.45. The highest BCUT2D eigenvalue weighted by Gasteiger charge is 2.20. The van der Waals surface area contributed by atoms with E-state index < -0.39 is 0 Å². The van der Waals surface area contributed by atoms with Gasteiger partial charge in [0.05, 0.1) is 29.3 Å². The van der Waals surface area contributed by atoms with Gasteiger partial charge in [-0.1, -0.05) is 0 Å². The fraction of sp³-hybridized carbons (Fsp3) is 0.318. The van der Waals surface area contributed by atoms with Gasteiger partial charge in [0.15, 0.2) is 5.65 Å². The van der Waals surface area contributed by atoms with E-state index in [2.05, 4.69) is 20.7 Å². The predicted octanol–water partition coefficient (Wildman–Crippen LogP) is 2.84. The van der Waals surface area contributed by atoms with Crippen LogP contribution in [0.4, 0.5) is 10.3 Å². The lowest BCUT2D eigenvalue weighted by atomic mass is 10.0. The first kappa shape index (κ1) is 19.5. The van der Waals surface area contributed by atoms with Crippen LogP contribution in [0.3, 0.4) is 0 Å². The van der Waals surface area contributed by atoms with Crippen molar-refractivity contribution in [1.82, 2.24) is 29.5 Å². The summed E-state index contributed by atoms with van der Waals surface area (Å²) in [6.07, 6.45) is 4.45. The highest BCUT2D eigenvalue weighted by atomic mass is 19.1. The molecule has 5 rings (SSSR count). The van der Waals surface area contributed by atoms with Gasteiger partial charge in [-0.2, -0.15) is 5.10 Å². The largest absolute Gasteiger partial charge is 0.493 e. The summed E-state index contributed by atoms with van der Waals surface area (Å²) in [5.41, 5.74) is 5.95. The normalized spacial score (nSPS) is 12.9. The monoisotopic (exact) mass is 421 g/mol. The number of nitrogens with one attached hydrogen (secondary N) is 2. The zero-order valence-electron chi connectivity index (χ0n) is 17.7. The maximum Gasteiger partial charge on any atom is 0.208 e. The third kappa shape index (κ3) is 3.40. The molecule has 2 N–H and O–H groups in total. The molecule has 3 aromatic heterocycles. The van der Waals surface area contributed by atoms with Gasteiger partial charge < -0.3 is 15.4 Å². The highest BCUT2D eigenvalue weighted by Crippen LogP contribution is 2.31. The second-order valence-corrected chi connectivity index (χ2v) is 7.70. The van der Waals surface area contributed by atoms with Crippen molar-refractivity contribution < 1.29 is 9.13 Å². The Bertz CT molecular complexity index is 1280. The van der Waals surface area contributed by atoms with Gasteiger partial charge in [-0.15, -0.1) is 0 Å². The molecule has 0 amide bonds. The quantitative estimate of drug-likeness (QED) is 0.498. The molecule has 1 aromatic carbocycles. The zero-order valence-corrected chi connectivity index (χ0v) is 17.7. The van der Waals surface area contributed by atoms with Crippen molar-refractivity contribution in [3.8, 4) is 17.0 Å². The Morgan fingerprint density at radius 3 is 2.90 bits per heavy atom. The van der Waals surface area contributed by atoms with E-state index in [1.165, 1.54) is 6.07 Å². The molecule has 0 radical (unpaired) electrons. The average molecular weight is 421 g/mol. The number of nitrogens with zero attached hydrogens (tertiary/aromatic N) is 5. The van der Waals surface area contributed by atoms with Crippen LogP contribution < -0.4 is 15.4 Å². The van der Waals surface area contributed by atoms with Gasteiger partial charge in [0.25, 0.3) is 0 Å². The van der Waals surface area contributed by atoms with E-state index in [9.17, 15) is 4.39 Å². The van der Waals surface area contributed by atoms with Crippen LogP contribution in [-0.2, 0) is 26.6 Å². The number of benzene rings is 1. The molecular weight excluding hydrogens is 397 g/mol. The molecule has 4 aromatic rings. The van der Waals surface area contributed by atoms with E-state index in [0.717, 1.165) is 39.6 Å². The Hall–Kier alpha value is -3.46. The molecule has 0 unspecified atom stereocenters. The van der Waals surface area contributed by atoms with Crippen LogP contribution in [-0.4, -0.2) is 37.8 Å². The van der Waals surface area contributed by atoms with Gasteiger partial charge in [0.1, 0.15) is 11.6 Å². The number of hydrogen-bond donors (Lipinski definition) is 2. The van der Waals surface area contributed by atoms with Crippen molar-refractivity contribution in [2.24, 2.45) is 7.05 Å². The lowest BCUT2D eigenvalue weighted by Crippen LogP contribution is -2.10. The number of fused-ring (bicyclic) bond motifs is 2. The minimum absolute atomic E-state index is 0.239. The number of aromatic nitrogens is 5. The highest BCUT2D eigenvalue weighted by molar-refractivity contribution is 5.76. The van der Waals surface area contributed by atoms with Gasteiger partial charge in [-0.05, 0) is 32.2 Å². The Morgan fingerprint density at radius 1 is 1.26 bits per heavy atom. The van der Waals surface area contributed by atoms with Crippen molar-refractivity contribution in [1.29, 1.82) is 0 Å². The van der Waals surface area contributed by atoms with Crippen LogP contribution in [0.5, 0.6) is 5.75 Å². The molecule has 0 atom stereocenters.